The van der Waals surface area contributed by atoms with Crippen molar-refractivity contribution < 1.29 is 27.2 Å². The van der Waals surface area contributed by atoms with Crippen molar-refractivity contribution in [2.75, 3.05) is 11.9 Å². The van der Waals surface area contributed by atoms with Gasteiger partial charge in [-0.15, -0.1) is 6.58 Å². The number of hydrogen-bond donors (Lipinski definition) is 1. The summed E-state index contributed by atoms with van der Waals surface area (Å²) in [5, 5.41) is 2.62. The fourth-order valence-electron chi connectivity index (χ4n) is 2.79. The van der Waals surface area contributed by atoms with Crippen molar-refractivity contribution in [1.82, 2.24) is 4.90 Å². The van der Waals surface area contributed by atoms with Crippen LogP contribution in [0.5, 0.6) is 0 Å². The van der Waals surface area contributed by atoms with E-state index in [0.29, 0.717) is 0 Å². The molecule has 0 unspecified atom stereocenters. The summed E-state index contributed by atoms with van der Waals surface area (Å²) in [5.41, 5.74) is -0.880. The molecule has 2 aromatic carbocycles. The summed E-state index contributed by atoms with van der Waals surface area (Å²) >= 11 is 0. The van der Waals surface area contributed by atoms with Crippen molar-refractivity contribution >= 4 is 23.1 Å². The molecular weight excluding hydrogens is 376 g/mol. The number of halogens is 4. The third-order valence-corrected chi connectivity index (χ3v) is 4.07. The molecule has 0 saturated heterocycles. The predicted molar refractivity (Wildman–Crippen MR) is 95.3 cm³/mol. The number of nitrogens with zero attached hydrogens (tertiary/aromatic N) is 1. The van der Waals surface area contributed by atoms with Gasteiger partial charge in [-0.2, -0.15) is 13.2 Å². The Morgan fingerprint density at radius 2 is 1.71 bits per heavy atom. The molecule has 2 aromatic rings. The second kappa shape index (κ2) is 7.30. The van der Waals surface area contributed by atoms with Gasteiger partial charge in [-0.25, -0.2) is 4.39 Å². The molecule has 28 heavy (non-hydrogen) atoms. The number of rotatable bonds is 5. The molecule has 0 fully saturated rings. The first-order valence-corrected chi connectivity index (χ1v) is 8.14. The molecular formula is C20H14F4N2O2. The minimum atomic E-state index is -4.56. The lowest BCUT2D eigenvalue weighted by atomic mass is 10.0. The van der Waals surface area contributed by atoms with E-state index in [-0.39, 0.29) is 29.1 Å². The standard InChI is InChI=1S/C20H14F4N2O2/c1-2-10-26-18(27)16(12-6-8-14(21)9-7-12)17(19(26)28)25-15-5-3-4-13(11-15)20(22,23)24/h2-9,11,25H,1,10H2. The Morgan fingerprint density at radius 3 is 2.32 bits per heavy atom. The highest BCUT2D eigenvalue weighted by Gasteiger charge is 2.39. The van der Waals surface area contributed by atoms with Crippen molar-refractivity contribution in [3.8, 4) is 0 Å². The first-order valence-electron chi connectivity index (χ1n) is 8.14. The molecule has 8 heteroatoms. The van der Waals surface area contributed by atoms with Crippen molar-refractivity contribution in [3.05, 3.63) is 83.8 Å². The third-order valence-electron chi connectivity index (χ3n) is 4.07. The van der Waals surface area contributed by atoms with Crippen LogP contribution in [0.3, 0.4) is 0 Å². The number of carbonyl (C=O) groups is 2. The Hall–Kier alpha value is -3.42. The third kappa shape index (κ3) is 3.66. The minimum Gasteiger partial charge on any atom is -0.350 e. The van der Waals surface area contributed by atoms with Crippen LogP contribution in [0.25, 0.3) is 5.57 Å². The lowest BCUT2D eigenvalue weighted by Gasteiger charge is -2.13. The van der Waals surface area contributed by atoms with E-state index < -0.39 is 29.4 Å². The zero-order chi connectivity index (χ0) is 20.5. The smallest absolute Gasteiger partial charge is 0.350 e. The van der Waals surface area contributed by atoms with Crippen LogP contribution >= 0.6 is 0 Å². The van der Waals surface area contributed by atoms with Gasteiger partial charge in [0.15, 0.2) is 0 Å². The van der Waals surface area contributed by atoms with E-state index in [2.05, 4.69) is 11.9 Å². The molecule has 0 atom stereocenters. The Labute approximate surface area is 157 Å². The number of anilines is 1. The fraction of sp³-hybridized carbons (Fsp3) is 0.100. The molecule has 0 saturated carbocycles. The number of alkyl halides is 3. The van der Waals surface area contributed by atoms with E-state index in [9.17, 15) is 27.2 Å². The molecule has 1 aliphatic heterocycles. The maximum Gasteiger partial charge on any atom is 0.416 e. The van der Waals surface area contributed by atoms with Gasteiger partial charge in [0.05, 0.1) is 11.1 Å². The lowest BCUT2D eigenvalue weighted by Crippen LogP contribution is -2.32. The van der Waals surface area contributed by atoms with Gasteiger partial charge in [-0.1, -0.05) is 24.3 Å². The Morgan fingerprint density at radius 1 is 1.04 bits per heavy atom. The summed E-state index contributed by atoms with van der Waals surface area (Å²) in [6.07, 6.45) is -3.21. The molecule has 144 valence electrons. The van der Waals surface area contributed by atoms with Crippen molar-refractivity contribution in [1.29, 1.82) is 0 Å². The van der Waals surface area contributed by atoms with Crippen LogP contribution < -0.4 is 5.32 Å². The zero-order valence-electron chi connectivity index (χ0n) is 14.4. The molecule has 1 heterocycles. The first-order chi connectivity index (χ1) is 13.2. The van der Waals surface area contributed by atoms with Gasteiger partial charge in [-0.05, 0) is 35.9 Å². The maximum atomic E-state index is 13.2. The molecule has 0 aliphatic carbocycles. The van der Waals surface area contributed by atoms with Crippen LogP contribution in [0, 0.1) is 5.82 Å². The van der Waals surface area contributed by atoms with Crippen LogP contribution in [0.4, 0.5) is 23.2 Å². The number of amides is 2. The normalized spacial score (nSPS) is 14.6. The van der Waals surface area contributed by atoms with E-state index in [1.807, 2.05) is 0 Å². The van der Waals surface area contributed by atoms with E-state index >= 15 is 0 Å². The molecule has 4 nitrogen and oxygen atoms in total. The average Bonchev–Trinajstić information content (AvgIpc) is 2.87. The van der Waals surface area contributed by atoms with Gasteiger partial charge in [0.1, 0.15) is 11.5 Å². The molecule has 2 amide bonds. The van der Waals surface area contributed by atoms with Gasteiger partial charge in [-0.3, -0.25) is 14.5 Å². The van der Waals surface area contributed by atoms with Crippen LogP contribution in [0.2, 0.25) is 0 Å². The van der Waals surface area contributed by atoms with Crippen LogP contribution in [-0.2, 0) is 15.8 Å². The highest BCUT2D eigenvalue weighted by molar-refractivity contribution is 6.36. The topological polar surface area (TPSA) is 49.4 Å². The summed E-state index contributed by atoms with van der Waals surface area (Å²) < 4.78 is 52.1. The quantitative estimate of drug-likeness (QED) is 0.472. The molecule has 0 radical (unpaired) electrons. The van der Waals surface area contributed by atoms with E-state index in [4.69, 9.17) is 0 Å². The summed E-state index contributed by atoms with van der Waals surface area (Å²) in [6, 6.07) is 9.15. The largest absolute Gasteiger partial charge is 0.416 e. The highest BCUT2D eigenvalue weighted by atomic mass is 19.4. The first kappa shape index (κ1) is 19.3. The SMILES string of the molecule is C=CCN1C(=O)C(Nc2cccc(C(F)(F)F)c2)=C(c2ccc(F)cc2)C1=O. The van der Waals surface area contributed by atoms with Crippen molar-refractivity contribution in [3.63, 3.8) is 0 Å². The number of imide groups is 1. The molecule has 1 N–H and O–H groups in total. The highest BCUT2D eigenvalue weighted by Crippen LogP contribution is 2.33. The number of hydrogen-bond acceptors (Lipinski definition) is 3. The van der Waals surface area contributed by atoms with Gasteiger partial charge >= 0.3 is 6.18 Å². The van der Waals surface area contributed by atoms with E-state index in [1.54, 1.807) is 0 Å². The van der Waals surface area contributed by atoms with Crippen molar-refractivity contribution in [2.24, 2.45) is 0 Å². The van der Waals surface area contributed by atoms with E-state index in [0.717, 1.165) is 29.2 Å². The van der Waals surface area contributed by atoms with Gasteiger partial charge < -0.3 is 5.32 Å². The minimum absolute atomic E-state index is 0.00830. The van der Waals surface area contributed by atoms with Gasteiger partial charge in [0.25, 0.3) is 11.8 Å². The number of benzene rings is 2. The average molecular weight is 390 g/mol. The summed E-state index contributed by atoms with van der Waals surface area (Å²) in [6.45, 7) is 3.42. The van der Waals surface area contributed by atoms with E-state index in [1.165, 1.54) is 30.3 Å². The summed E-state index contributed by atoms with van der Waals surface area (Å²) in [7, 11) is 0. The van der Waals surface area contributed by atoms with Gasteiger partial charge in [0.2, 0.25) is 0 Å². The lowest BCUT2D eigenvalue weighted by molar-refractivity contribution is -0.138. The van der Waals surface area contributed by atoms with Crippen LogP contribution in [0.15, 0.2) is 66.9 Å². The molecule has 0 aromatic heterocycles. The van der Waals surface area contributed by atoms with Crippen LogP contribution in [0.1, 0.15) is 11.1 Å². The van der Waals surface area contributed by atoms with Gasteiger partial charge in [0, 0.05) is 12.2 Å². The number of nitrogens with one attached hydrogen (secondary N) is 1. The summed E-state index contributed by atoms with van der Waals surface area (Å²) in [5.74, 6) is -1.89. The second-order valence-electron chi connectivity index (χ2n) is 5.97. The predicted octanol–water partition coefficient (Wildman–Crippen LogP) is 4.22. The molecule has 0 bridgehead atoms. The number of carbonyl (C=O) groups excluding carboxylic acids is 2. The monoisotopic (exact) mass is 390 g/mol. The Balaban J connectivity index is 2.07. The van der Waals surface area contributed by atoms with Crippen molar-refractivity contribution in [2.45, 2.75) is 6.18 Å². The maximum absolute atomic E-state index is 13.2. The zero-order valence-corrected chi connectivity index (χ0v) is 14.4. The molecule has 3 rings (SSSR count). The molecule has 1 aliphatic rings. The summed E-state index contributed by atoms with van der Waals surface area (Å²) in [4.78, 5) is 26.3. The Bertz CT molecular complexity index is 978. The Kier molecular flexibility index (Phi) is 5.04. The van der Waals surface area contributed by atoms with Crippen LogP contribution in [-0.4, -0.2) is 23.3 Å². The fourth-order valence-corrected chi connectivity index (χ4v) is 2.79. The second-order valence-corrected chi connectivity index (χ2v) is 5.97. The molecule has 0 spiro atoms.